The number of nitrogens with one attached hydrogen (secondary N) is 1. The number of pyridine rings is 1. The predicted octanol–water partition coefficient (Wildman–Crippen LogP) is 2.98. The average molecular weight is 228 g/mol. The summed E-state index contributed by atoms with van der Waals surface area (Å²) in [6.45, 7) is 3.91. The standard InChI is InChI=1S/C14H16N2O/c1-2-15-11-12-6-5-7-13(10-12)17-14-8-3-4-9-16-14/h3-10,15H,2,11H2,1H3. The molecule has 3 heteroatoms. The Morgan fingerprint density at radius 2 is 2.12 bits per heavy atom. The third-order valence-corrected chi connectivity index (χ3v) is 2.34. The van der Waals surface area contributed by atoms with Gasteiger partial charge >= 0.3 is 0 Å². The first kappa shape index (κ1) is 11.6. The minimum absolute atomic E-state index is 0.619. The zero-order valence-corrected chi connectivity index (χ0v) is 9.89. The Balaban J connectivity index is 2.06. The summed E-state index contributed by atoms with van der Waals surface area (Å²) in [4.78, 5) is 4.13. The van der Waals surface area contributed by atoms with E-state index in [1.54, 1.807) is 6.20 Å². The van der Waals surface area contributed by atoms with Gasteiger partial charge in [-0.05, 0) is 30.3 Å². The van der Waals surface area contributed by atoms with Crippen LogP contribution in [0, 0.1) is 0 Å². The lowest BCUT2D eigenvalue weighted by atomic mass is 10.2. The van der Waals surface area contributed by atoms with Gasteiger partial charge in [0.25, 0.3) is 0 Å². The van der Waals surface area contributed by atoms with E-state index < -0.39 is 0 Å². The monoisotopic (exact) mass is 228 g/mol. The Morgan fingerprint density at radius 3 is 2.88 bits per heavy atom. The van der Waals surface area contributed by atoms with E-state index in [0.717, 1.165) is 18.8 Å². The van der Waals surface area contributed by atoms with Gasteiger partial charge in [0, 0.05) is 18.8 Å². The molecule has 0 aliphatic heterocycles. The van der Waals surface area contributed by atoms with Crippen molar-refractivity contribution in [2.24, 2.45) is 0 Å². The van der Waals surface area contributed by atoms with E-state index in [4.69, 9.17) is 4.74 Å². The molecular formula is C14H16N2O. The van der Waals surface area contributed by atoms with Crippen LogP contribution in [0.5, 0.6) is 11.6 Å². The molecule has 1 heterocycles. The minimum Gasteiger partial charge on any atom is -0.439 e. The fourth-order valence-electron chi connectivity index (χ4n) is 1.52. The summed E-state index contributed by atoms with van der Waals surface area (Å²) in [7, 11) is 0. The summed E-state index contributed by atoms with van der Waals surface area (Å²) in [6.07, 6.45) is 1.72. The Kier molecular flexibility index (Phi) is 4.11. The Labute approximate surface area is 101 Å². The molecule has 88 valence electrons. The maximum absolute atomic E-state index is 5.66. The predicted molar refractivity (Wildman–Crippen MR) is 68.1 cm³/mol. The van der Waals surface area contributed by atoms with Crippen LogP contribution in [0.3, 0.4) is 0 Å². The second-order valence-corrected chi connectivity index (χ2v) is 3.70. The highest BCUT2D eigenvalue weighted by molar-refractivity contribution is 5.31. The van der Waals surface area contributed by atoms with Crippen molar-refractivity contribution < 1.29 is 4.74 Å². The van der Waals surface area contributed by atoms with Gasteiger partial charge in [-0.25, -0.2) is 4.98 Å². The van der Waals surface area contributed by atoms with Crippen LogP contribution in [-0.2, 0) is 6.54 Å². The van der Waals surface area contributed by atoms with Gasteiger partial charge < -0.3 is 10.1 Å². The smallest absolute Gasteiger partial charge is 0.219 e. The molecule has 0 saturated heterocycles. The SMILES string of the molecule is CCNCc1cccc(Oc2ccccn2)c1. The normalized spacial score (nSPS) is 10.2. The molecule has 0 spiro atoms. The first-order valence-corrected chi connectivity index (χ1v) is 5.77. The van der Waals surface area contributed by atoms with E-state index >= 15 is 0 Å². The molecule has 1 aromatic heterocycles. The summed E-state index contributed by atoms with van der Waals surface area (Å²) in [5.41, 5.74) is 1.21. The highest BCUT2D eigenvalue weighted by Crippen LogP contribution is 2.19. The van der Waals surface area contributed by atoms with E-state index in [1.807, 2.05) is 36.4 Å². The quantitative estimate of drug-likeness (QED) is 0.854. The van der Waals surface area contributed by atoms with Crippen molar-refractivity contribution in [3.8, 4) is 11.6 Å². The van der Waals surface area contributed by atoms with E-state index in [1.165, 1.54) is 5.56 Å². The fourth-order valence-corrected chi connectivity index (χ4v) is 1.52. The maximum atomic E-state index is 5.66. The molecule has 17 heavy (non-hydrogen) atoms. The highest BCUT2D eigenvalue weighted by atomic mass is 16.5. The summed E-state index contributed by atoms with van der Waals surface area (Å²) in [5, 5.41) is 3.28. The molecule has 0 aliphatic rings. The van der Waals surface area contributed by atoms with Crippen LogP contribution in [0.25, 0.3) is 0 Å². The average Bonchev–Trinajstić information content (AvgIpc) is 2.38. The minimum atomic E-state index is 0.619. The van der Waals surface area contributed by atoms with Crippen molar-refractivity contribution in [2.75, 3.05) is 6.54 Å². The van der Waals surface area contributed by atoms with E-state index in [9.17, 15) is 0 Å². The van der Waals surface area contributed by atoms with E-state index in [-0.39, 0.29) is 0 Å². The molecule has 0 bridgehead atoms. The van der Waals surface area contributed by atoms with Crippen LogP contribution in [-0.4, -0.2) is 11.5 Å². The van der Waals surface area contributed by atoms with Crippen molar-refractivity contribution in [1.29, 1.82) is 0 Å². The third kappa shape index (κ3) is 3.57. The number of ether oxygens (including phenoxy) is 1. The van der Waals surface area contributed by atoms with Crippen molar-refractivity contribution in [1.82, 2.24) is 10.3 Å². The lowest BCUT2D eigenvalue weighted by molar-refractivity contribution is 0.462. The zero-order valence-electron chi connectivity index (χ0n) is 9.89. The summed E-state index contributed by atoms with van der Waals surface area (Å²) < 4.78 is 5.66. The topological polar surface area (TPSA) is 34.1 Å². The van der Waals surface area contributed by atoms with Gasteiger partial charge in [0.2, 0.25) is 5.88 Å². The molecule has 0 amide bonds. The number of nitrogens with zero attached hydrogens (tertiary/aromatic N) is 1. The molecule has 0 atom stereocenters. The van der Waals surface area contributed by atoms with Gasteiger partial charge in [0.05, 0.1) is 0 Å². The van der Waals surface area contributed by atoms with Gasteiger partial charge in [0.15, 0.2) is 0 Å². The molecule has 0 fully saturated rings. The lowest BCUT2D eigenvalue weighted by Crippen LogP contribution is -2.11. The number of hydrogen-bond acceptors (Lipinski definition) is 3. The van der Waals surface area contributed by atoms with Gasteiger partial charge in [-0.3, -0.25) is 0 Å². The summed E-state index contributed by atoms with van der Waals surface area (Å²) in [5.74, 6) is 1.44. The van der Waals surface area contributed by atoms with Crippen molar-refractivity contribution >= 4 is 0 Å². The van der Waals surface area contributed by atoms with Gasteiger partial charge in [-0.15, -0.1) is 0 Å². The maximum Gasteiger partial charge on any atom is 0.219 e. The lowest BCUT2D eigenvalue weighted by Gasteiger charge is -2.07. The van der Waals surface area contributed by atoms with Gasteiger partial charge in [-0.2, -0.15) is 0 Å². The molecule has 1 aromatic carbocycles. The molecule has 0 aliphatic carbocycles. The Bertz CT molecular complexity index is 457. The largest absolute Gasteiger partial charge is 0.439 e. The summed E-state index contributed by atoms with van der Waals surface area (Å²) in [6, 6.07) is 13.6. The molecule has 2 rings (SSSR count). The zero-order chi connectivity index (χ0) is 11.9. The van der Waals surface area contributed by atoms with Crippen LogP contribution in [0.4, 0.5) is 0 Å². The van der Waals surface area contributed by atoms with E-state index in [0.29, 0.717) is 5.88 Å². The fraction of sp³-hybridized carbons (Fsp3) is 0.214. The first-order valence-electron chi connectivity index (χ1n) is 5.77. The molecule has 3 nitrogen and oxygen atoms in total. The van der Waals surface area contributed by atoms with Gasteiger partial charge in [-0.1, -0.05) is 25.1 Å². The van der Waals surface area contributed by atoms with Crippen LogP contribution in [0.2, 0.25) is 0 Å². The number of rotatable bonds is 5. The molecule has 1 N–H and O–H groups in total. The number of aromatic nitrogens is 1. The van der Waals surface area contributed by atoms with Crippen LogP contribution < -0.4 is 10.1 Å². The second kappa shape index (κ2) is 6.01. The van der Waals surface area contributed by atoms with Crippen LogP contribution in [0.1, 0.15) is 12.5 Å². The Hall–Kier alpha value is -1.87. The van der Waals surface area contributed by atoms with Gasteiger partial charge in [0.1, 0.15) is 5.75 Å². The third-order valence-electron chi connectivity index (χ3n) is 2.34. The van der Waals surface area contributed by atoms with Crippen molar-refractivity contribution in [3.05, 3.63) is 54.2 Å². The van der Waals surface area contributed by atoms with Crippen molar-refractivity contribution in [2.45, 2.75) is 13.5 Å². The molecule has 2 aromatic rings. The first-order chi connectivity index (χ1) is 8.38. The van der Waals surface area contributed by atoms with Crippen LogP contribution in [0.15, 0.2) is 48.7 Å². The summed E-state index contributed by atoms with van der Waals surface area (Å²) >= 11 is 0. The van der Waals surface area contributed by atoms with E-state index in [2.05, 4.69) is 23.3 Å². The number of benzene rings is 1. The molecule has 0 saturated carbocycles. The number of hydrogen-bond donors (Lipinski definition) is 1. The molecular weight excluding hydrogens is 212 g/mol. The molecule has 0 radical (unpaired) electrons. The second-order valence-electron chi connectivity index (χ2n) is 3.70. The molecule has 0 unspecified atom stereocenters. The highest BCUT2D eigenvalue weighted by Gasteiger charge is 1.99. The Morgan fingerprint density at radius 1 is 1.18 bits per heavy atom. The van der Waals surface area contributed by atoms with Crippen molar-refractivity contribution in [3.63, 3.8) is 0 Å². The van der Waals surface area contributed by atoms with Crippen LogP contribution >= 0.6 is 0 Å².